The average Bonchev–Trinajstić information content (AvgIpc) is 1.99. The number of hydrogen-bond donors (Lipinski definition) is 0. The number of rotatable bonds is 2. The highest BCUT2D eigenvalue weighted by atomic mass is 32.3. The second kappa shape index (κ2) is 3.47. The normalized spacial score (nSPS) is 31.4. The molecule has 4 heteroatoms. The predicted molar refractivity (Wildman–Crippen MR) is 53.1 cm³/mol. The third-order valence-electron chi connectivity index (χ3n) is 4.09. The van der Waals surface area contributed by atoms with Crippen molar-refractivity contribution in [2.45, 2.75) is 44.9 Å². The Morgan fingerprint density at radius 3 is 2.29 bits per heavy atom. The van der Waals surface area contributed by atoms with E-state index in [0.717, 1.165) is 32.1 Å². The Bertz CT molecular complexity index is 306. The van der Waals surface area contributed by atoms with Crippen LogP contribution in [-0.4, -0.2) is 14.2 Å². The van der Waals surface area contributed by atoms with E-state index in [1.807, 2.05) is 0 Å². The molecular formula is C10H17FO2S. The van der Waals surface area contributed by atoms with Gasteiger partial charge >= 0.3 is 10.2 Å². The molecule has 0 aromatic rings. The first-order chi connectivity index (χ1) is 6.52. The van der Waals surface area contributed by atoms with Crippen molar-refractivity contribution in [3.63, 3.8) is 0 Å². The van der Waals surface area contributed by atoms with E-state index in [9.17, 15) is 12.3 Å². The fourth-order valence-corrected chi connectivity index (χ4v) is 4.17. The SMILES string of the molecule is O=S(=O)(F)CC1CCCCC12CCC2. The Labute approximate surface area is 85.1 Å². The van der Waals surface area contributed by atoms with Crippen LogP contribution in [0.15, 0.2) is 0 Å². The largest absolute Gasteiger partial charge is 0.302 e. The molecule has 2 nitrogen and oxygen atoms in total. The Kier molecular flexibility index (Phi) is 2.58. The van der Waals surface area contributed by atoms with Crippen LogP contribution in [0, 0.1) is 11.3 Å². The number of halogens is 1. The molecule has 2 aliphatic carbocycles. The fourth-order valence-electron chi connectivity index (χ4n) is 3.17. The fraction of sp³-hybridized carbons (Fsp3) is 1.00. The Balaban J connectivity index is 2.07. The summed E-state index contributed by atoms with van der Waals surface area (Å²) in [7, 11) is -4.27. The van der Waals surface area contributed by atoms with Gasteiger partial charge in [0.15, 0.2) is 0 Å². The molecule has 2 rings (SSSR count). The van der Waals surface area contributed by atoms with Crippen LogP contribution in [-0.2, 0) is 10.2 Å². The number of hydrogen-bond acceptors (Lipinski definition) is 2. The molecule has 14 heavy (non-hydrogen) atoms. The summed E-state index contributed by atoms with van der Waals surface area (Å²) in [6, 6.07) is 0. The first-order valence-electron chi connectivity index (χ1n) is 5.44. The molecular weight excluding hydrogens is 203 g/mol. The summed E-state index contributed by atoms with van der Waals surface area (Å²) in [6.45, 7) is 0. The molecule has 1 atom stereocenters. The lowest BCUT2D eigenvalue weighted by molar-refractivity contribution is 0.0184. The highest BCUT2D eigenvalue weighted by molar-refractivity contribution is 7.86. The maximum Gasteiger partial charge on any atom is 0.302 e. The van der Waals surface area contributed by atoms with Gasteiger partial charge in [-0.25, -0.2) is 0 Å². The van der Waals surface area contributed by atoms with Gasteiger partial charge in [-0.05, 0) is 37.0 Å². The zero-order valence-electron chi connectivity index (χ0n) is 8.34. The van der Waals surface area contributed by atoms with E-state index < -0.39 is 10.2 Å². The molecule has 0 N–H and O–H groups in total. The quantitative estimate of drug-likeness (QED) is 0.670. The van der Waals surface area contributed by atoms with Crippen LogP contribution in [0.3, 0.4) is 0 Å². The smallest absolute Gasteiger partial charge is 0.195 e. The van der Waals surface area contributed by atoms with Crippen LogP contribution in [0.2, 0.25) is 0 Å². The molecule has 0 aromatic carbocycles. The Morgan fingerprint density at radius 2 is 1.79 bits per heavy atom. The molecule has 2 fully saturated rings. The third kappa shape index (κ3) is 1.95. The van der Waals surface area contributed by atoms with Gasteiger partial charge in [0.05, 0.1) is 5.75 Å². The van der Waals surface area contributed by atoms with E-state index in [4.69, 9.17) is 0 Å². The lowest BCUT2D eigenvalue weighted by Gasteiger charge is -2.50. The summed E-state index contributed by atoms with van der Waals surface area (Å²) in [4.78, 5) is 0. The van der Waals surface area contributed by atoms with Gasteiger partial charge in [-0.3, -0.25) is 0 Å². The van der Waals surface area contributed by atoms with Gasteiger partial charge in [0.2, 0.25) is 0 Å². The van der Waals surface area contributed by atoms with Gasteiger partial charge in [-0.2, -0.15) is 8.42 Å². The minimum absolute atomic E-state index is 0.0972. The van der Waals surface area contributed by atoms with Gasteiger partial charge in [-0.1, -0.05) is 19.3 Å². The van der Waals surface area contributed by atoms with Crippen molar-refractivity contribution in [1.29, 1.82) is 0 Å². The molecule has 0 aliphatic heterocycles. The van der Waals surface area contributed by atoms with Crippen LogP contribution < -0.4 is 0 Å². The van der Waals surface area contributed by atoms with Crippen molar-refractivity contribution in [3.8, 4) is 0 Å². The Hall–Kier alpha value is -0.120. The van der Waals surface area contributed by atoms with Crippen molar-refractivity contribution in [2.75, 3.05) is 5.75 Å². The van der Waals surface area contributed by atoms with Crippen LogP contribution in [0.25, 0.3) is 0 Å². The zero-order valence-corrected chi connectivity index (χ0v) is 9.15. The zero-order chi connectivity index (χ0) is 10.2. The van der Waals surface area contributed by atoms with Gasteiger partial charge in [0.1, 0.15) is 0 Å². The average molecular weight is 220 g/mol. The maximum absolute atomic E-state index is 12.6. The van der Waals surface area contributed by atoms with Gasteiger partial charge in [0.25, 0.3) is 0 Å². The molecule has 0 amide bonds. The molecule has 82 valence electrons. The molecule has 1 unspecified atom stereocenters. The summed E-state index contributed by atoms with van der Waals surface area (Å²) >= 11 is 0. The van der Waals surface area contributed by atoms with Crippen LogP contribution in [0.4, 0.5) is 3.89 Å². The van der Waals surface area contributed by atoms with Gasteiger partial charge < -0.3 is 0 Å². The van der Waals surface area contributed by atoms with E-state index in [0.29, 0.717) is 0 Å². The minimum Gasteiger partial charge on any atom is -0.195 e. The molecule has 1 spiro atoms. The van der Waals surface area contributed by atoms with E-state index >= 15 is 0 Å². The lowest BCUT2D eigenvalue weighted by Crippen LogP contribution is -2.42. The Morgan fingerprint density at radius 1 is 1.14 bits per heavy atom. The van der Waals surface area contributed by atoms with Gasteiger partial charge in [0, 0.05) is 0 Å². The molecule has 0 radical (unpaired) electrons. The van der Waals surface area contributed by atoms with Crippen LogP contribution >= 0.6 is 0 Å². The summed E-state index contributed by atoms with van der Waals surface area (Å²) in [5, 5.41) is 0. The first kappa shape index (κ1) is 10.4. The van der Waals surface area contributed by atoms with Crippen molar-refractivity contribution >= 4 is 10.2 Å². The van der Waals surface area contributed by atoms with Crippen LogP contribution in [0.1, 0.15) is 44.9 Å². The molecule has 0 aromatic heterocycles. The van der Waals surface area contributed by atoms with E-state index in [-0.39, 0.29) is 17.1 Å². The summed E-state index contributed by atoms with van der Waals surface area (Å²) in [5.41, 5.74) is 0.206. The summed E-state index contributed by atoms with van der Waals surface area (Å²) < 4.78 is 34.0. The topological polar surface area (TPSA) is 34.1 Å². The second-order valence-electron chi connectivity index (χ2n) is 4.86. The van der Waals surface area contributed by atoms with Crippen molar-refractivity contribution in [3.05, 3.63) is 0 Å². The third-order valence-corrected chi connectivity index (χ3v) is 4.89. The molecule has 0 bridgehead atoms. The van der Waals surface area contributed by atoms with Crippen molar-refractivity contribution < 1.29 is 12.3 Å². The molecule has 2 saturated carbocycles. The van der Waals surface area contributed by atoms with E-state index in [2.05, 4.69) is 0 Å². The first-order valence-corrected chi connectivity index (χ1v) is 6.99. The second-order valence-corrected chi connectivity index (χ2v) is 6.28. The maximum atomic E-state index is 12.6. The highest BCUT2D eigenvalue weighted by Gasteiger charge is 2.46. The van der Waals surface area contributed by atoms with E-state index in [1.165, 1.54) is 12.8 Å². The minimum atomic E-state index is -4.27. The predicted octanol–water partition coefficient (Wildman–Crippen LogP) is 2.65. The van der Waals surface area contributed by atoms with Gasteiger partial charge in [-0.15, -0.1) is 3.89 Å². The monoisotopic (exact) mass is 220 g/mol. The molecule has 0 saturated heterocycles. The summed E-state index contributed by atoms with van der Waals surface area (Å²) in [5.74, 6) is -0.132. The standard InChI is InChI=1S/C10H17FO2S/c11-14(12,13)8-9-4-1-2-5-10(9)6-3-7-10/h9H,1-8H2. The summed E-state index contributed by atoms with van der Waals surface area (Å²) in [6.07, 6.45) is 7.73. The molecule has 2 aliphatic rings. The van der Waals surface area contributed by atoms with E-state index in [1.54, 1.807) is 0 Å². The lowest BCUT2D eigenvalue weighted by atomic mass is 9.56. The van der Waals surface area contributed by atoms with Crippen molar-refractivity contribution in [2.24, 2.45) is 11.3 Å². The molecule has 0 heterocycles. The van der Waals surface area contributed by atoms with Crippen LogP contribution in [0.5, 0.6) is 0 Å². The highest BCUT2D eigenvalue weighted by Crippen LogP contribution is 2.55. The van der Waals surface area contributed by atoms with Crippen molar-refractivity contribution in [1.82, 2.24) is 0 Å².